The van der Waals surface area contributed by atoms with Crippen LogP contribution in [-0.2, 0) is 20.9 Å². The Labute approximate surface area is 177 Å². The first kappa shape index (κ1) is 20.0. The average molecular weight is 433 g/mol. The predicted octanol–water partition coefficient (Wildman–Crippen LogP) is 3.09. The van der Waals surface area contributed by atoms with Crippen LogP contribution in [0, 0.1) is 11.8 Å². The van der Waals surface area contributed by atoms with Crippen molar-refractivity contribution in [3.63, 3.8) is 0 Å². The summed E-state index contributed by atoms with van der Waals surface area (Å²) in [4.78, 5) is 44.5. The molecule has 29 heavy (non-hydrogen) atoms. The molecule has 1 saturated heterocycles. The summed E-state index contributed by atoms with van der Waals surface area (Å²) in [6, 6.07) is 3.95. The van der Waals surface area contributed by atoms with E-state index in [0.29, 0.717) is 18.2 Å². The number of thiophene rings is 1. The average Bonchev–Trinajstić information content (AvgIpc) is 3.28. The molecule has 2 fully saturated rings. The number of carbonyl (C=O) groups excluding carboxylic acids is 3. The van der Waals surface area contributed by atoms with Gasteiger partial charge in [0.15, 0.2) is 5.13 Å². The molecule has 0 aromatic carbocycles. The fourth-order valence-corrected chi connectivity index (χ4v) is 5.15. The van der Waals surface area contributed by atoms with E-state index in [1.165, 1.54) is 18.3 Å². The Morgan fingerprint density at radius 1 is 1.21 bits per heavy atom. The Morgan fingerprint density at radius 2 is 2.03 bits per heavy atom. The number of piperidine rings is 1. The minimum atomic E-state index is -0.176. The molecule has 3 heterocycles. The molecular formula is C20H24N4O3S2. The minimum Gasteiger partial charge on any atom is -0.351 e. The second kappa shape index (κ2) is 8.62. The number of aromatic nitrogens is 1. The van der Waals surface area contributed by atoms with Crippen LogP contribution >= 0.6 is 22.7 Å². The normalized spacial score (nSPS) is 19.1. The largest absolute Gasteiger partial charge is 0.351 e. The third-order valence-electron chi connectivity index (χ3n) is 5.19. The van der Waals surface area contributed by atoms with Crippen molar-refractivity contribution in [1.82, 2.24) is 15.2 Å². The zero-order chi connectivity index (χ0) is 20.4. The van der Waals surface area contributed by atoms with E-state index in [2.05, 4.69) is 15.6 Å². The number of hydrogen-bond acceptors (Lipinski definition) is 6. The van der Waals surface area contributed by atoms with Gasteiger partial charge in [0, 0.05) is 36.2 Å². The number of nitrogens with one attached hydrogen (secondary N) is 2. The van der Waals surface area contributed by atoms with E-state index >= 15 is 0 Å². The van der Waals surface area contributed by atoms with Gasteiger partial charge in [-0.1, -0.05) is 0 Å². The number of rotatable bonds is 6. The number of likely N-dealkylation sites (tertiary alicyclic amines) is 1. The Balaban J connectivity index is 1.34. The smallest absolute Gasteiger partial charge is 0.231 e. The molecule has 9 heteroatoms. The third-order valence-corrected chi connectivity index (χ3v) is 7.06. The zero-order valence-corrected chi connectivity index (χ0v) is 17.9. The van der Waals surface area contributed by atoms with Crippen molar-refractivity contribution in [1.29, 1.82) is 0 Å². The lowest BCUT2D eigenvalue weighted by molar-refractivity contribution is -0.135. The lowest BCUT2D eigenvalue weighted by Crippen LogP contribution is -2.44. The Morgan fingerprint density at radius 3 is 2.79 bits per heavy atom. The first-order valence-corrected chi connectivity index (χ1v) is 11.6. The molecule has 0 bridgehead atoms. The molecule has 0 radical (unpaired) electrons. The molecule has 2 aliphatic rings. The molecule has 3 amide bonds. The van der Waals surface area contributed by atoms with E-state index < -0.39 is 0 Å². The Kier molecular flexibility index (Phi) is 5.96. The van der Waals surface area contributed by atoms with E-state index in [-0.39, 0.29) is 29.6 Å². The summed E-state index contributed by atoms with van der Waals surface area (Å²) in [6.45, 7) is 3.28. The molecule has 1 aliphatic carbocycles. The summed E-state index contributed by atoms with van der Waals surface area (Å²) in [5, 5.41) is 8.22. The van der Waals surface area contributed by atoms with Crippen LogP contribution in [0.4, 0.5) is 5.13 Å². The first-order chi connectivity index (χ1) is 14.0. The van der Waals surface area contributed by atoms with Crippen molar-refractivity contribution in [2.24, 2.45) is 11.8 Å². The molecule has 7 nitrogen and oxygen atoms in total. The second-order valence-electron chi connectivity index (χ2n) is 7.60. The number of nitrogens with zero attached hydrogens (tertiary/aromatic N) is 2. The minimum absolute atomic E-state index is 0.0567. The second-order valence-corrected chi connectivity index (χ2v) is 9.63. The van der Waals surface area contributed by atoms with Crippen molar-refractivity contribution in [2.75, 3.05) is 18.4 Å². The number of hydrogen-bond donors (Lipinski definition) is 2. The highest BCUT2D eigenvalue weighted by atomic mass is 32.1. The van der Waals surface area contributed by atoms with Gasteiger partial charge in [-0.05, 0) is 37.8 Å². The zero-order valence-electron chi connectivity index (χ0n) is 16.3. The van der Waals surface area contributed by atoms with Gasteiger partial charge in [0.05, 0.1) is 23.0 Å². The molecule has 2 N–H and O–H groups in total. The van der Waals surface area contributed by atoms with Crippen molar-refractivity contribution < 1.29 is 14.4 Å². The molecule has 154 valence electrons. The number of carbonyl (C=O) groups is 3. The highest BCUT2D eigenvalue weighted by Gasteiger charge is 2.36. The lowest BCUT2D eigenvalue weighted by atomic mass is 9.97. The molecule has 2 aromatic rings. The topological polar surface area (TPSA) is 91.4 Å². The van der Waals surface area contributed by atoms with Gasteiger partial charge in [-0.15, -0.1) is 22.7 Å². The van der Waals surface area contributed by atoms with Gasteiger partial charge in [-0.2, -0.15) is 0 Å². The SMILES string of the molecule is CC(=O)NCc1ccc(-c2csc(NC(=O)C3CCCN(C(=O)C4CC4)C3)n2)s1. The van der Waals surface area contributed by atoms with E-state index in [0.717, 1.165) is 47.7 Å². The van der Waals surface area contributed by atoms with Gasteiger partial charge in [0.2, 0.25) is 17.7 Å². The monoisotopic (exact) mass is 432 g/mol. The Bertz CT molecular complexity index is 918. The van der Waals surface area contributed by atoms with E-state index in [9.17, 15) is 14.4 Å². The highest BCUT2D eigenvalue weighted by Crippen LogP contribution is 2.33. The summed E-state index contributed by atoms with van der Waals surface area (Å²) >= 11 is 2.97. The summed E-state index contributed by atoms with van der Waals surface area (Å²) in [5.74, 6) is 0.117. The first-order valence-electron chi connectivity index (χ1n) is 9.88. The molecule has 4 rings (SSSR count). The Hall–Kier alpha value is -2.26. The van der Waals surface area contributed by atoms with E-state index in [1.54, 1.807) is 11.3 Å². The molecule has 1 unspecified atom stereocenters. The number of thiazole rings is 1. The van der Waals surface area contributed by atoms with Gasteiger partial charge in [-0.25, -0.2) is 4.98 Å². The van der Waals surface area contributed by atoms with Gasteiger partial charge < -0.3 is 15.5 Å². The van der Waals surface area contributed by atoms with Crippen LogP contribution in [0.2, 0.25) is 0 Å². The summed E-state index contributed by atoms with van der Waals surface area (Å²) in [5.41, 5.74) is 0.818. The van der Waals surface area contributed by atoms with Gasteiger partial charge in [0.25, 0.3) is 0 Å². The van der Waals surface area contributed by atoms with Crippen LogP contribution in [0.25, 0.3) is 10.6 Å². The quantitative estimate of drug-likeness (QED) is 0.734. The van der Waals surface area contributed by atoms with Gasteiger partial charge in [-0.3, -0.25) is 14.4 Å². The van der Waals surface area contributed by atoms with Crippen molar-refractivity contribution in [2.45, 2.75) is 39.2 Å². The summed E-state index contributed by atoms with van der Waals surface area (Å²) in [7, 11) is 0. The van der Waals surface area contributed by atoms with E-state index in [4.69, 9.17) is 0 Å². The maximum absolute atomic E-state index is 12.7. The maximum Gasteiger partial charge on any atom is 0.231 e. The van der Waals surface area contributed by atoms with Crippen molar-refractivity contribution in [3.05, 3.63) is 22.4 Å². The van der Waals surface area contributed by atoms with Gasteiger partial charge in [0.1, 0.15) is 0 Å². The third kappa shape index (κ3) is 5.02. The molecule has 0 spiro atoms. The predicted molar refractivity (Wildman–Crippen MR) is 114 cm³/mol. The maximum atomic E-state index is 12.7. The van der Waals surface area contributed by atoms with Crippen molar-refractivity contribution >= 4 is 45.5 Å². The van der Waals surface area contributed by atoms with E-state index in [1.807, 2.05) is 22.4 Å². The molecule has 2 aromatic heterocycles. The number of amides is 3. The molecular weight excluding hydrogens is 408 g/mol. The van der Waals surface area contributed by atoms with Crippen LogP contribution < -0.4 is 10.6 Å². The van der Waals surface area contributed by atoms with Gasteiger partial charge >= 0.3 is 0 Å². The lowest BCUT2D eigenvalue weighted by Gasteiger charge is -2.32. The molecule has 1 saturated carbocycles. The van der Waals surface area contributed by atoms with Crippen LogP contribution in [0.3, 0.4) is 0 Å². The number of anilines is 1. The van der Waals surface area contributed by atoms with Crippen LogP contribution in [0.5, 0.6) is 0 Å². The van der Waals surface area contributed by atoms with Crippen LogP contribution in [-0.4, -0.2) is 40.7 Å². The van der Waals surface area contributed by atoms with Crippen molar-refractivity contribution in [3.8, 4) is 10.6 Å². The summed E-state index contributed by atoms with van der Waals surface area (Å²) < 4.78 is 0. The van der Waals surface area contributed by atoms with Crippen LogP contribution in [0.1, 0.15) is 37.5 Å². The summed E-state index contributed by atoms with van der Waals surface area (Å²) in [6.07, 6.45) is 3.65. The standard InChI is InChI=1S/C20H24N4O3S2/c1-12(25)21-9-15-6-7-17(29-15)16-11-28-20(22-16)23-18(26)14-3-2-8-24(10-14)19(27)13-4-5-13/h6-7,11,13-14H,2-5,8-10H2,1H3,(H,21,25)(H,22,23,26). The fraction of sp³-hybridized carbons (Fsp3) is 0.500. The fourth-order valence-electron chi connectivity index (χ4n) is 3.45. The molecule has 1 atom stereocenters. The molecule has 1 aliphatic heterocycles. The highest BCUT2D eigenvalue weighted by molar-refractivity contribution is 7.17. The van der Waals surface area contributed by atoms with Crippen LogP contribution in [0.15, 0.2) is 17.5 Å².